The summed E-state index contributed by atoms with van der Waals surface area (Å²) in [5.41, 5.74) is 1.81. The molecular weight excluding hydrogens is 436 g/mol. The Bertz CT molecular complexity index is 1070. The van der Waals surface area contributed by atoms with Crippen LogP contribution >= 0.6 is 22.9 Å². The van der Waals surface area contributed by atoms with Crippen LogP contribution in [0.1, 0.15) is 39.3 Å². The number of halogens is 1. The van der Waals surface area contributed by atoms with Gasteiger partial charge in [-0.05, 0) is 56.2 Å². The van der Waals surface area contributed by atoms with Gasteiger partial charge < -0.3 is 15.0 Å². The average Bonchev–Trinajstić information content (AvgIpc) is 3.44. The summed E-state index contributed by atoms with van der Waals surface area (Å²) < 4.78 is 5.59. The van der Waals surface area contributed by atoms with Crippen LogP contribution in [-0.4, -0.2) is 40.1 Å². The van der Waals surface area contributed by atoms with Crippen LogP contribution in [0, 0.1) is 6.92 Å². The Kier molecular flexibility index (Phi) is 6.48. The molecule has 160 valence electrons. The zero-order valence-corrected chi connectivity index (χ0v) is 18.4. The minimum Gasteiger partial charge on any atom is -0.484 e. The van der Waals surface area contributed by atoms with Gasteiger partial charge in [-0.2, -0.15) is 0 Å². The van der Waals surface area contributed by atoms with E-state index in [0.29, 0.717) is 28.0 Å². The fraction of sp³-hybridized carbons (Fsp3) is 0.273. The van der Waals surface area contributed by atoms with Crippen molar-refractivity contribution in [2.75, 3.05) is 18.5 Å². The molecule has 2 amide bonds. The zero-order chi connectivity index (χ0) is 21.8. The third-order valence-corrected chi connectivity index (χ3v) is 6.25. The van der Waals surface area contributed by atoms with E-state index >= 15 is 0 Å². The number of carbonyl (C=O) groups is 2. The summed E-state index contributed by atoms with van der Waals surface area (Å²) in [6.45, 7) is 2.54. The Balaban J connectivity index is 1.38. The standard InChI is InChI=1S/C22H21ClN4O3S/c1-14-4-8-16(9-5-14)24-20(29)22-26-25-21(31-22)18-3-2-12-27(18)19(28)13-30-17-10-6-15(23)7-11-17/h4-11,18H,2-3,12-13H2,1H3,(H,24,29). The molecule has 4 rings (SSSR count). The maximum atomic E-state index is 12.7. The molecule has 2 heterocycles. The maximum absolute atomic E-state index is 12.7. The highest BCUT2D eigenvalue weighted by molar-refractivity contribution is 7.13. The van der Waals surface area contributed by atoms with Gasteiger partial charge in [0, 0.05) is 17.3 Å². The molecule has 3 aromatic rings. The van der Waals surface area contributed by atoms with E-state index < -0.39 is 0 Å². The van der Waals surface area contributed by atoms with Crippen molar-refractivity contribution < 1.29 is 14.3 Å². The van der Waals surface area contributed by atoms with E-state index in [0.717, 1.165) is 18.4 Å². The number of likely N-dealkylation sites (tertiary alicyclic amines) is 1. The highest BCUT2D eigenvalue weighted by Gasteiger charge is 2.33. The zero-order valence-electron chi connectivity index (χ0n) is 16.9. The molecule has 1 atom stereocenters. The molecule has 9 heteroatoms. The average molecular weight is 457 g/mol. The Hall–Kier alpha value is -2.97. The highest BCUT2D eigenvalue weighted by Crippen LogP contribution is 2.34. The van der Waals surface area contributed by atoms with Crippen LogP contribution in [-0.2, 0) is 4.79 Å². The third-order valence-electron chi connectivity index (χ3n) is 4.98. The quantitative estimate of drug-likeness (QED) is 0.590. The Labute approximate surface area is 189 Å². The normalized spacial score (nSPS) is 15.7. The van der Waals surface area contributed by atoms with Crippen molar-refractivity contribution in [3.63, 3.8) is 0 Å². The number of rotatable bonds is 6. The van der Waals surface area contributed by atoms with Gasteiger partial charge in [-0.15, -0.1) is 10.2 Å². The van der Waals surface area contributed by atoms with Crippen molar-refractivity contribution in [3.8, 4) is 5.75 Å². The van der Waals surface area contributed by atoms with E-state index in [1.165, 1.54) is 11.3 Å². The molecule has 1 aromatic heterocycles. The number of aromatic nitrogens is 2. The predicted octanol–water partition coefficient (Wildman–Crippen LogP) is 4.49. The van der Waals surface area contributed by atoms with Crippen LogP contribution < -0.4 is 10.1 Å². The molecule has 1 saturated heterocycles. The molecule has 31 heavy (non-hydrogen) atoms. The number of hydrogen-bond acceptors (Lipinski definition) is 6. The molecule has 0 spiro atoms. The Morgan fingerprint density at radius 3 is 2.65 bits per heavy atom. The van der Waals surface area contributed by atoms with Crippen LogP contribution in [0.4, 0.5) is 5.69 Å². The van der Waals surface area contributed by atoms with Crippen molar-refractivity contribution in [1.82, 2.24) is 15.1 Å². The number of nitrogens with one attached hydrogen (secondary N) is 1. The lowest BCUT2D eigenvalue weighted by Gasteiger charge is -2.22. The van der Waals surface area contributed by atoms with Crippen molar-refractivity contribution in [1.29, 1.82) is 0 Å². The van der Waals surface area contributed by atoms with Gasteiger partial charge in [0.05, 0.1) is 6.04 Å². The Morgan fingerprint density at radius 1 is 1.16 bits per heavy atom. The van der Waals surface area contributed by atoms with Gasteiger partial charge in [0.25, 0.3) is 11.8 Å². The Morgan fingerprint density at radius 2 is 1.90 bits per heavy atom. The van der Waals surface area contributed by atoms with Crippen molar-refractivity contribution in [3.05, 3.63) is 69.1 Å². The lowest BCUT2D eigenvalue weighted by atomic mass is 10.2. The molecule has 1 N–H and O–H groups in total. The molecule has 7 nitrogen and oxygen atoms in total. The first kappa shape index (κ1) is 21.3. The van der Waals surface area contributed by atoms with E-state index in [1.54, 1.807) is 29.2 Å². The first-order valence-corrected chi connectivity index (χ1v) is 11.1. The fourth-order valence-corrected chi connectivity index (χ4v) is 4.38. The predicted molar refractivity (Wildman–Crippen MR) is 120 cm³/mol. The van der Waals surface area contributed by atoms with Gasteiger partial charge in [-0.3, -0.25) is 9.59 Å². The summed E-state index contributed by atoms with van der Waals surface area (Å²) in [5.74, 6) is 0.146. The van der Waals surface area contributed by atoms with E-state index in [4.69, 9.17) is 16.3 Å². The number of anilines is 1. The topological polar surface area (TPSA) is 84.4 Å². The van der Waals surface area contributed by atoms with Gasteiger partial charge in [0.15, 0.2) is 6.61 Å². The molecule has 0 aliphatic carbocycles. The van der Waals surface area contributed by atoms with Crippen LogP contribution in [0.3, 0.4) is 0 Å². The lowest BCUT2D eigenvalue weighted by molar-refractivity contribution is -0.134. The molecule has 1 aliphatic rings. The van der Waals surface area contributed by atoms with E-state index in [1.807, 2.05) is 31.2 Å². The number of carbonyl (C=O) groups excluding carboxylic acids is 2. The van der Waals surface area contributed by atoms with E-state index in [9.17, 15) is 9.59 Å². The first-order valence-electron chi connectivity index (χ1n) is 9.89. The number of hydrogen-bond donors (Lipinski definition) is 1. The second-order valence-corrected chi connectivity index (χ2v) is 8.70. The van der Waals surface area contributed by atoms with Gasteiger partial charge in [0.2, 0.25) is 5.01 Å². The molecule has 0 radical (unpaired) electrons. The van der Waals surface area contributed by atoms with E-state index in [2.05, 4.69) is 15.5 Å². The number of amides is 2. The number of nitrogens with zero attached hydrogens (tertiary/aromatic N) is 3. The van der Waals surface area contributed by atoms with Gasteiger partial charge >= 0.3 is 0 Å². The largest absolute Gasteiger partial charge is 0.484 e. The number of benzene rings is 2. The van der Waals surface area contributed by atoms with E-state index in [-0.39, 0.29) is 29.5 Å². The van der Waals surface area contributed by atoms with Gasteiger partial charge in [0.1, 0.15) is 10.8 Å². The second kappa shape index (κ2) is 9.45. The van der Waals surface area contributed by atoms with Gasteiger partial charge in [-0.25, -0.2) is 0 Å². The van der Waals surface area contributed by atoms with Crippen LogP contribution in [0.2, 0.25) is 5.02 Å². The highest BCUT2D eigenvalue weighted by atomic mass is 35.5. The summed E-state index contributed by atoms with van der Waals surface area (Å²) in [6, 6.07) is 14.2. The molecule has 1 aliphatic heterocycles. The summed E-state index contributed by atoms with van der Waals surface area (Å²) in [7, 11) is 0. The molecule has 1 fully saturated rings. The fourth-order valence-electron chi connectivity index (χ4n) is 3.36. The monoisotopic (exact) mass is 456 g/mol. The summed E-state index contributed by atoms with van der Waals surface area (Å²) in [5, 5.41) is 12.6. The number of ether oxygens (including phenoxy) is 1. The molecule has 2 aromatic carbocycles. The molecule has 0 saturated carbocycles. The minimum atomic E-state index is -0.311. The third kappa shape index (κ3) is 5.21. The first-order chi connectivity index (χ1) is 15.0. The van der Waals surface area contributed by atoms with Crippen LogP contribution in [0.25, 0.3) is 0 Å². The maximum Gasteiger partial charge on any atom is 0.286 e. The molecule has 0 bridgehead atoms. The summed E-state index contributed by atoms with van der Waals surface area (Å²) >= 11 is 7.08. The molecule has 1 unspecified atom stereocenters. The smallest absolute Gasteiger partial charge is 0.286 e. The SMILES string of the molecule is Cc1ccc(NC(=O)c2nnc(C3CCCN3C(=O)COc3ccc(Cl)cc3)s2)cc1. The van der Waals surface area contributed by atoms with Crippen LogP contribution in [0.5, 0.6) is 5.75 Å². The minimum absolute atomic E-state index is 0.0717. The van der Waals surface area contributed by atoms with Crippen LogP contribution in [0.15, 0.2) is 48.5 Å². The summed E-state index contributed by atoms with van der Waals surface area (Å²) in [4.78, 5) is 27.0. The summed E-state index contributed by atoms with van der Waals surface area (Å²) in [6.07, 6.45) is 1.64. The van der Waals surface area contributed by atoms with Crippen molar-refractivity contribution in [2.45, 2.75) is 25.8 Å². The lowest BCUT2D eigenvalue weighted by Crippen LogP contribution is -2.34. The second-order valence-electron chi connectivity index (χ2n) is 7.25. The van der Waals surface area contributed by atoms with Gasteiger partial charge in [-0.1, -0.05) is 40.6 Å². The molecular formula is C22H21ClN4O3S. The number of aryl methyl sites for hydroxylation is 1. The van der Waals surface area contributed by atoms with Crippen molar-refractivity contribution >= 4 is 40.4 Å². The van der Waals surface area contributed by atoms with Crippen molar-refractivity contribution in [2.24, 2.45) is 0 Å².